The molecule has 0 N–H and O–H groups in total. The molecule has 2 aromatic rings. The first-order chi connectivity index (χ1) is 12.3. The van der Waals surface area contributed by atoms with Gasteiger partial charge in [-0.25, -0.2) is 0 Å². The fraction of sp³-hybridized carbons (Fsp3) is 0.722. The molecule has 0 unspecified atom stereocenters. The second kappa shape index (κ2) is 7.66. The van der Waals surface area contributed by atoms with Crippen LogP contribution in [0.4, 0.5) is 0 Å². The number of hydrogen-bond donors (Lipinski definition) is 0. The van der Waals surface area contributed by atoms with Crippen LogP contribution in [-0.4, -0.2) is 61.8 Å². The molecular weight excluding hydrogens is 316 g/mol. The van der Waals surface area contributed by atoms with Gasteiger partial charge >= 0.3 is 0 Å². The normalized spacial score (nSPS) is 21.0. The van der Waals surface area contributed by atoms with Gasteiger partial charge in [-0.1, -0.05) is 0 Å². The van der Waals surface area contributed by atoms with Gasteiger partial charge in [0.2, 0.25) is 0 Å². The van der Waals surface area contributed by atoms with E-state index in [1.807, 2.05) is 16.9 Å². The molecule has 4 heterocycles. The van der Waals surface area contributed by atoms with Gasteiger partial charge in [0, 0.05) is 44.1 Å². The van der Waals surface area contributed by atoms with E-state index in [0.29, 0.717) is 18.5 Å². The monoisotopic (exact) mass is 344 g/mol. The highest BCUT2D eigenvalue weighted by Crippen LogP contribution is 2.30. The standard InChI is InChI=1S/C18H28N6O/c1-2-24-17(14-23-9-3-8-19-23)20-21-18(24)15-4-10-22(11-5-15)16-6-12-25-13-7-16/h3,8-9,15-16H,2,4-7,10-14H2,1H3. The van der Waals surface area contributed by atoms with Gasteiger partial charge in [-0.2, -0.15) is 5.10 Å². The first-order valence-electron chi connectivity index (χ1n) is 9.56. The fourth-order valence-electron chi connectivity index (χ4n) is 4.22. The molecule has 0 aliphatic carbocycles. The lowest BCUT2D eigenvalue weighted by molar-refractivity contribution is 0.0247. The maximum absolute atomic E-state index is 5.50. The largest absolute Gasteiger partial charge is 0.381 e. The minimum atomic E-state index is 0.523. The molecule has 2 aromatic heterocycles. The smallest absolute Gasteiger partial charge is 0.154 e. The summed E-state index contributed by atoms with van der Waals surface area (Å²) < 4.78 is 9.70. The number of likely N-dealkylation sites (tertiary alicyclic amines) is 1. The summed E-state index contributed by atoms with van der Waals surface area (Å²) in [5.41, 5.74) is 0. The second-order valence-electron chi connectivity index (χ2n) is 7.08. The number of hydrogen-bond acceptors (Lipinski definition) is 5. The van der Waals surface area contributed by atoms with Crippen molar-refractivity contribution in [2.24, 2.45) is 0 Å². The minimum Gasteiger partial charge on any atom is -0.381 e. The number of rotatable bonds is 5. The van der Waals surface area contributed by atoms with Crippen molar-refractivity contribution in [2.75, 3.05) is 26.3 Å². The van der Waals surface area contributed by atoms with E-state index in [1.54, 1.807) is 6.20 Å². The van der Waals surface area contributed by atoms with E-state index in [0.717, 1.165) is 31.4 Å². The van der Waals surface area contributed by atoms with Gasteiger partial charge in [0.25, 0.3) is 0 Å². The van der Waals surface area contributed by atoms with Gasteiger partial charge in [0.15, 0.2) is 5.82 Å². The average Bonchev–Trinajstić information content (AvgIpc) is 3.32. The van der Waals surface area contributed by atoms with Crippen LogP contribution in [0.2, 0.25) is 0 Å². The van der Waals surface area contributed by atoms with Gasteiger partial charge in [-0.15, -0.1) is 10.2 Å². The highest BCUT2D eigenvalue weighted by atomic mass is 16.5. The summed E-state index contributed by atoms with van der Waals surface area (Å²) in [6.45, 7) is 7.96. The van der Waals surface area contributed by atoms with Crippen molar-refractivity contribution >= 4 is 0 Å². The summed E-state index contributed by atoms with van der Waals surface area (Å²) >= 11 is 0. The molecule has 2 aliphatic heterocycles. The molecule has 0 radical (unpaired) electrons. The van der Waals surface area contributed by atoms with E-state index < -0.39 is 0 Å². The van der Waals surface area contributed by atoms with Crippen molar-refractivity contribution in [3.8, 4) is 0 Å². The molecule has 25 heavy (non-hydrogen) atoms. The van der Waals surface area contributed by atoms with Crippen molar-refractivity contribution in [1.29, 1.82) is 0 Å². The van der Waals surface area contributed by atoms with Crippen molar-refractivity contribution in [3.63, 3.8) is 0 Å². The third kappa shape index (κ3) is 3.62. The third-order valence-electron chi connectivity index (χ3n) is 5.64. The fourth-order valence-corrected chi connectivity index (χ4v) is 4.22. The molecule has 0 bridgehead atoms. The maximum atomic E-state index is 5.50. The number of aromatic nitrogens is 5. The Bertz CT molecular complexity index is 653. The summed E-state index contributed by atoms with van der Waals surface area (Å²) in [7, 11) is 0. The van der Waals surface area contributed by atoms with Gasteiger partial charge in [0.1, 0.15) is 12.4 Å². The zero-order chi connectivity index (χ0) is 17.1. The van der Waals surface area contributed by atoms with Gasteiger partial charge in [0.05, 0.1) is 0 Å². The molecule has 7 nitrogen and oxygen atoms in total. The van der Waals surface area contributed by atoms with Crippen LogP contribution < -0.4 is 0 Å². The van der Waals surface area contributed by atoms with Gasteiger partial charge < -0.3 is 14.2 Å². The van der Waals surface area contributed by atoms with E-state index in [-0.39, 0.29) is 0 Å². The Hall–Kier alpha value is -1.73. The third-order valence-corrected chi connectivity index (χ3v) is 5.64. The molecule has 0 amide bonds. The summed E-state index contributed by atoms with van der Waals surface area (Å²) in [5, 5.41) is 13.3. The lowest BCUT2D eigenvalue weighted by atomic mass is 9.93. The zero-order valence-corrected chi connectivity index (χ0v) is 15.0. The van der Waals surface area contributed by atoms with E-state index >= 15 is 0 Å². The predicted octanol–water partition coefficient (Wildman–Crippen LogP) is 1.90. The Kier molecular flexibility index (Phi) is 5.12. The number of nitrogens with zero attached hydrogens (tertiary/aromatic N) is 6. The van der Waals surface area contributed by atoms with Crippen molar-refractivity contribution in [2.45, 2.75) is 57.7 Å². The average molecular weight is 344 g/mol. The summed E-state index contributed by atoms with van der Waals surface area (Å²) in [5.74, 6) is 2.69. The first-order valence-corrected chi connectivity index (χ1v) is 9.56. The zero-order valence-electron chi connectivity index (χ0n) is 15.0. The summed E-state index contributed by atoms with van der Waals surface area (Å²) in [4.78, 5) is 2.66. The molecule has 0 atom stereocenters. The lowest BCUT2D eigenvalue weighted by Crippen LogP contribution is -2.44. The van der Waals surface area contributed by atoms with Crippen LogP contribution >= 0.6 is 0 Å². The Morgan fingerprint density at radius 2 is 1.92 bits per heavy atom. The highest BCUT2D eigenvalue weighted by molar-refractivity contribution is 5.05. The molecule has 0 saturated carbocycles. The Morgan fingerprint density at radius 1 is 1.12 bits per heavy atom. The predicted molar refractivity (Wildman–Crippen MR) is 94.4 cm³/mol. The summed E-state index contributed by atoms with van der Waals surface area (Å²) in [6.07, 6.45) is 8.50. The van der Waals surface area contributed by atoms with Crippen LogP contribution in [0.25, 0.3) is 0 Å². The van der Waals surface area contributed by atoms with Crippen LogP contribution in [0.3, 0.4) is 0 Å². The molecule has 7 heteroatoms. The summed E-state index contributed by atoms with van der Waals surface area (Å²) in [6, 6.07) is 2.66. The van der Waals surface area contributed by atoms with Crippen molar-refractivity contribution in [1.82, 2.24) is 29.4 Å². The number of ether oxygens (including phenoxy) is 1. The van der Waals surface area contributed by atoms with E-state index in [1.165, 1.54) is 38.8 Å². The van der Waals surface area contributed by atoms with Crippen LogP contribution in [0.1, 0.15) is 50.2 Å². The van der Waals surface area contributed by atoms with E-state index in [4.69, 9.17) is 4.74 Å². The first kappa shape index (κ1) is 16.7. The SMILES string of the molecule is CCn1c(Cn2cccn2)nnc1C1CCN(C2CCOCC2)CC1. The quantitative estimate of drug-likeness (QED) is 0.829. The van der Waals surface area contributed by atoms with Crippen LogP contribution in [0.5, 0.6) is 0 Å². The van der Waals surface area contributed by atoms with Crippen molar-refractivity contribution in [3.05, 3.63) is 30.1 Å². The lowest BCUT2D eigenvalue weighted by Gasteiger charge is -2.39. The van der Waals surface area contributed by atoms with E-state index in [2.05, 4.69) is 31.7 Å². The maximum Gasteiger partial charge on any atom is 0.154 e. The Balaban J connectivity index is 1.41. The number of piperidine rings is 1. The molecule has 0 aromatic carbocycles. The molecular formula is C18H28N6O. The Morgan fingerprint density at radius 3 is 2.60 bits per heavy atom. The van der Waals surface area contributed by atoms with Gasteiger partial charge in [-0.3, -0.25) is 4.68 Å². The van der Waals surface area contributed by atoms with Gasteiger partial charge in [-0.05, 0) is 51.8 Å². The van der Waals surface area contributed by atoms with Crippen LogP contribution in [0, 0.1) is 0 Å². The van der Waals surface area contributed by atoms with Crippen LogP contribution in [-0.2, 0) is 17.8 Å². The molecule has 2 fully saturated rings. The molecule has 0 spiro atoms. The molecule has 2 aliphatic rings. The Labute approximate surface area is 149 Å². The second-order valence-corrected chi connectivity index (χ2v) is 7.08. The molecule has 136 valence electrons. The van der Waals surface area contributed by atoms with E-state index in [9.17, 15) is 0 Å². The van der Waals surface area contributed by atoms with Crippen molar-refractivity contribution < 1.29 is 4.74 Å². The topological polar surface area (TPSA) is 61.0 Å². The molecule has 4 rings (SSSR count). The molecule has 2 saturated heterocycles. The highest BCUT2D eigenvalue weighted by Gasteiger charge is 2.29. The van der Waals surface area contributed by atoms with Crippen LogP contribution in [0.15, 0.2) is 18.5 Å². The minimum absolute atomic E-state index is 0.523.